The van der Waals surface area contributed by atoms with E-state index in [2.05, 4.69) is 15.1 Å². The quantitative estimate of drug-likeness (QED) is 0.541. The first-order valence-electron chi connectivity index (χ1n) is 6.17. The van der Waals surface area contributed by atoms with E-state index in [9.17, 15) is 4.79 Å². The molecule has 0 saturated carbocycles. The highest BCUT2D eigenvalue weighted by Crippen LogP contribution is 2.26. The zero-order valence-electron chi connectivity index (χ0n) is 10.1. The minimum absolute atomic E-state index is 0.170. The first kappa shape index (κ1) is 12.8. The first-order valence-corrected chi connectivity index (χ1v) is 6.17. The van der Waals surface area contributed by atoms with Gasteiger partial charge in [-0.15, -0.1) is 0 Å². The standard InChI is InChI=1S/C11H21N3O3/c15-6-5-13-1-3-14(4-2-13)11(7-10(16)17)8-12-9-11/h12,15H,1-9H2,(H,16,17). The number of hydrogen-bond acceptors (Lipinski definition) is 5. The third kappa shape index (κ3) is 2.77. The fraction of sp³-hybridized carbons (Fsp3) is 0.909. The van der Waals surface area contributed by atoms with Gasteiger partial charge in [0.1, 0.15) is 0 Å². The maximum atomic E-state index is 10.9. The van der Waals surface area contributed by atoms with Crippen molar-refractivity contribution in [2.24, 2.45) is 0 Å². The molecule has 6 nitrogen and oxygen atoms in total. The Kier molecular flexibility index (Phi) is 3.98. The molecule has 0 aromatic carbocycles. The van der Waals surface area contributed by atoms with Crippen LogP contribution in [0.25, 0.3) is 0 Å². The molecule has 2 aliphatic heterocycles. The molecule has 2 rings (SSSR count). The third-order valence-electron chi connectivity index (χ3n) is 3.85. The van der Waals surface area contributed by atoms with Crippen LogP contribution in [0, 0.1) is 0 Å². The lowest BCUT2D eigenvalue weighted by Gasteiger charge is -2.52. The number of β-amino-alcohol motifs (C(OH)–C–C–N with tert-alkyl or cyclic N) is 1. The van der Waals surface area contributed by atoms with E-state index in [1.807, 2.05) is 0 Å². The minimum atomic E-state index is -0.718. The van der Waals surface area contributed by atoms with Crippen LogP contribution < -0.4 is 5.32 Å². The molecule has 98 valence electrons. The Bertz CT molecular complexity index is 273. The van der Waals surface area contributed by atoms with E-state index in [1.54, 1.807) is 0 Å². The summed E-state index contributed by atoms with van der Waals surface area (Å²) in [5.41, 5.74) is -0.170. The molecule has 0 unspecified atom stereocenters. The summed E-state index contributed by atoms with van der Waals surface area (Å²) in [5.74, 6) is -0.718. The van der Waals surface area contributed by atoms with Crippen molar-refractivity contribution in [3.8, 4) is 0 Å². The van der Waals surface area contributed by atoms with Gasteiger partial charge in [0.25, 0.3) is 0 Å². The zero-order valence-corrected chi connectivity index (χ0v) is 10.1. The highest BCUT2D eigenvalue weighted by Gasteiger charge is 2.44. The van der Waals surface area contributed by atoms with E-state index >= 15 is 0 Å². The molecule has 0 aliphatic carbocycles. The van der Waals surface area contributed by atoms with Crippen LogP contribution in [0.1, 0.15) is 6.42 Å². The Morgan fingerprint density at radius 2 is 1.88 bits per heavy atom. The van der Waals surface area contributed by atoms with Crippen molar-refractivity contribution in [1.29, 1.82) is 0 Å². The van der Waals surface area contributed by atoms with Crippen molar-refractivity contribution in [1.82, 2.24) is 15.1 Å². The minimum Gasteiger partial charge on any atom is -0.481 e. The topological polar surface area (TPSA) is 76.0 Å². The smallest absolute Gasteiger partial charge is 0.305 e. The molecule has 2 fully saturated rings. The van der Waals surface area contributed by atoms with E-state index < -0.39 is 5.97 Å². The average Bonchev–Trinajstić information content (AvgIpc) is 2.25. The van der Waals surface area contributed by atoms with Gasteiger partial charge in [-0.3, -0.25) is 14.6 Å². The molecule has 17 heavy (non-hydrogen) atoms. The summed E-state index contributed by atoms with van der Waals surface area (Å²) in [6.07, 6.45) is 0.222. The lowest BCUT2D eigenvalue weighted by molar-refractivity contribution is -0.142. The Labute approximate surface area is 101 Å². The van der Waals surface area contributed by atoms with Gasteiger partial charge in [0, 0.05) is 45.8 Å². The average molecular weight is 243 g/mol. The monoisotopic (exact) mass is 243 g/mol. The van der Waals surface area contributed by atoms with E-state index in [4.69, 9.17) is 10.2 Å². The highest BCUT2D eigenvalue weighted by molar-refractivity contribution is 5.68. The summed E-state index contributed by atoms with van der Waals surface area (Å²) in [6.45, 7) is 6.10. The van der Waals surface area contributed by atoms with Crippen molar-refractivity contribution in [3.05, 3.63) is 0 Å². The number of rotatable bonds is 5. The molecular formula is C11H21N3O3. The Hall–Kier alpha value is -0.690. The van der Waals surface area contributed by atoms with Crippen molar-refractivity contribution in [3.63, 3.8) is 0 Å². The van der Waals surface area contributed by atoms with Crippen molar-refractivity contribution in [2.75, 3.05) is 52.4 Å². The van der Waals surface area contributed by atoms with Crippen LogP contribution in [0.15, 0.2) is 0 Å². The van der Waals surface area contributed by atoms with E-state index in [-0.39, 0.29) is 18.6 Å². The van der Waals surface area contributed by atoms with Crippen LogP contribution in [0.5, 0.6) is 0 Å². The zero-order chi connectivity index (χ0) is 12.3. The van der Waals surface area contributed by atoms with Crippen LogP contribution in [-0.2, 0) is 4.79 Å². The van der Waals surface area contributed by atoms with Crippen LogP contribution >= 0.6 is 0 Å². The molecule has 2 saturated heterocycles. The molecule has 0 radical (unpaired) electrons. The van der Waals surface area contributed by atoms with Crippen LogP contribution in [-0.4, -0.2) is 83.9 Å². The SMILES string of the molecule is O=C(O)CC1(N2CCN(CCO)CC2)CNC1. The molecule has 2 heterocycles. The molecular weight excluding hydrogens is 222 g/mol. The van der Waals surface area contributed by atoms with Gasteiger partial charge in [-0.1, -0.05) is 0 Å². The van der Waals surface area contributed by atoms with Crippen LogP contribution in [0.2, 0.25) is 0 Å². The molecule has 2 aliphatic rings. The molecule has 0 atom stereocenters. The Morgan fingerprint density at radius 1 is 1.24 bits per heavy atom. The summed E-state index contributed by atoms with van der Waals surface area (Å²) < 4.78 is 0. The largest absolute Gasteiger partial charge is 0.481 e. The predicted molar refractivity (Wildman–Crippen MR) is 63.0 cm³/mol. The molecule has 0 spiro atoms. The van der Waals surface area contributed by atoms with Gasteiger partial charge in [0.05, 0.1) is 18.6 Å². The molecule has 6 heteroatoms. The number of nitrogens with zero attached hydrogens (tertiary/aromatic N) is 2. The second-order valence-electron chi connectivity index (χ2n) is 4.95. The molecule has 0 bridgehead atoms. The van der Waals surface area contributed by atoms with E-state index in [1.165, 1.54) is 0 Å². The van der Waals surface area contributed by atoms with Crippen LogP contribution in [0.4, 0.5) is 0 Å². The molecule has 3 N–H and O–H groups in total. The number of aliphatic carboxylic acids is 1. The van der Waals surface area contributed by atoms with Crippen LogP contribution in [0.3, 0.4) is 0 Å². The molecule has 0 aromatic rings. The van der Waals surface area contributed by atoms with Gasteiger partial charge in [-0.05, 0) is 0 Å². The van der Waals surface area contributed by atoms with Crippen molar-refractivity contribution < 1.29 is 15.0 Å². The van der Waals surface area contributed by atoms with Gasteiger partial charge in [-0.2, -0.15) is 0 Å². The molecule has 0 aromatic heterocycles. The number of nitrogens with one attached hydrogen (secondary N) is 1. The maximum Gasteiger partial charge on any atom is 0.305 e. The number of hydrogen-bond donors (Lipinski definition) is 3. The number of carboxylic acid groups (broad SMARTS) is 1. The van der Waals surface area contributed by atoms with Gasteiger partial charge in [0.2, 0.25) is 0 Å². The maximum absolute atomic E-state index is 10.9. The fourth-order valence-electron chi connectivity index (χ4n) is 2.74. The number of carbonyl (C=O) groups is 1. The van der Waals surface area contributed by atoms with Gasteiger partial charge >= 0.3 is 5.97 Å². The van der Waals surface area contributed by atoms with Crippen molar-refractivity contribution in [2.45, 2.75) is 12.0 Å². The number of carboxylic acids is 1. The Morgan fingerprint density at radius 3 is 2.29 bits per heavy atom. The Balaban J connectivity index is 1.88. The second kappa shape index (κ2) is 5.30. The van der Waals surface area contributed by atoms with Gasteiger partial charge in [0.15, 0.2) is 0 Å². The van der Waals surface area contributed by atoms with E-state index in [0.29, 0.717) is 0 Å². The van der Waals surface area contributed by atoms with Crippen molar-refractivity contribution >= 4 is 5.97 Å². The summed E-state index contributed by atoms with van der Waals surface area (Å²) in [4.78, 5) is 15.4. The van der Waals surface area contributed by atoms with Gasteiger partial charge in [-0.25, -0.2) is 0 Å². The normalized spacial score (nSPS) is 25.5. The summed E-state index contributed by atoms with van der Waals surface area (Å²) >= 11 is 0. The number of aliphatic hydroxyl groups is 1. The highest BCUT2D eigenvalue weighted by atomic mass is 16.4. The number of aliphatic hydroxyl groups excluding tert-OH is 1. The lowest BCUT2D eigenvalue weighted by Crippen LogP contribution is -2.72. The summed E-state index contributed by atoms with van der Waals surface area (Å²) in [7, 11) is 0. The molecule has 0 amide bonds. The fourth-order valence-corrected chi connectivity index (χ4v) is 2.74. The first-order chi connectivity index (χ1) is 8.16. The van der Waals surface area contributed by atoms with E-state index in [0.717, 1.165) is 45.8 Å². The predicted octanol–water partition coefficient (Wildman–Crippen LogP) is -1.59. The number of piperazine rings is 1. The van der Waals surface area contributed by atoms with Gasteiger partial charge < -0.3 is 15.5 Å². The summed E-state index contributed by atoms with van der Waals surface area (Å²) in [6, 6.07) is 0. The second-order valence-corrected chi connectivity index (χ2v) is 4.95. The third-order valence-corrected chi connectivity index (χ3v) is 3.85. The lowest BCUT2D eigenvalue weighted by atomic mass is 9.86. The summed E-state index contributed by atoms with van der Waals surface area (Å²) in [5, 5.41) is 21.0.